The first-order valence-corrected chi connectivity index (χ1v) is 10.1. The monoisotopic (exact) mass is 441 g/mol. The van der Waals surface area contributed by atoms with Crippen molar-refractivity contribution in [3.8, 4) is 11.5 Å². The van der Waals surface area contributed by atoms with Gasteiger partial charge in [-0.1, -0.05) is 6.07 Å². The standard InChI is InChI=1S/C16H16BrN3O5S/c1-26(22,23)20-13-6-12(18)11(17)5-10(13)16(21)19-7-9-2-3-14-15(4-9)25-8-24-14/h2-6,20H,7-8,18H2,1H3,(H,19,21). The van der Waals surface area contributed by atoms with Gasteiger partial charge in [-0.15, -0.1) is 0 Å². The molecule has 0 unspecified atom stereocenters. The summed E-state index contributed by atoms with van der Waals surface area (Å²) in [5.41, 5.74) is 7.17. The van der Waals surface area contributed by atoms with Crippen LogP contribution in [0.5, 0.6) is 11.5 Å². The smallest absolute Gasteiger partial charge is 0.253 e. The Kier molecular flexibility index (Phi) is 4.97. The number of amides is 1. The molecule has 1 aliphatic rings. The first kappa shape index (κ1) is 18.3. The van der Waals surface area contributed by atoms with Crippen LogP contribution in [0.1, 0.15) is 15.9 Å². The predicted octanol–water partition coefficient (Wildman–Crippen LogP) is 2.06. The summed E-state index contributed by atoms with van der Waals surface area (Å²) in [6.07, 6.45) is 1.000. The highest BCUT2D eigenvalue weighted by atomic mass is 79.9. The molecular weight excluding hydrogens is 426 g/mol. The van der Waals surface area contributed by atoms with Crippen LogP contribution in [0.3, 0.4) is 0 Å². The summed E-state index contributed by atoms with van der Waals surface area (Å²) in [4.78, 5) is 12.6. The number of nitrogens with one attached hydrogen (secondary N) is 2. The number of carbonyl (C=O) groups excluding carboxylic acids is 1. The van der Waals surface area contributed by atoms with Gasteiger partial charge in [-0.05, 0) is 45.8 Å². The van der Waals surface area contributed by atoms with Crippen molar-refractivity contribution in [1.29, 1.82) is 0 Å². The molecule has 0 aromatic heterocycles. The van der Waals surface area contributed by atoms with Crippen LogP contribution in [0.4, 0.5) is 11.4 Å². The van der Waals surface area contributed by atoms with Gasteiger partial charge in [0.2, 0.25) is 16.8 Å². The zero-order chi connectivity index (χ0) is 18.9. The molecule has 0 radical (unpaired) electrons. The minimum absolute atomic E-state index is 0.108. The SMILES string of the molecule is CS(=O)(=O)Nc1cc(N)c(Br)cc1C(=O)NCc1ccc2c(c1)OCO2. The summed E-state index contributed by atoms with van der Waals surface area (Å²) in [7, 11) is -3.57. The van der Waals surface area contributed by atoms with E-state index in [1.807, 2.05) is 6.07 Å². The highest BCUT2D eigenvalue weighted by Crippen LogP contribution is 2.32. The Labute approximate surface area is 158 Å². The van der Waals surface area contributed by atoms with Crippen LogP contribution in [0, 0.1) is 0 Å². The molecule has 0 aliphatic carbocycles. The van der Waals surface area contributed by atoms with Gasteiger partial charge in [0.15, 0.2) is 11.5 Å². The van der Waals surface area contributed by atoms with Crippen molar-refractivity contribution in [2.75, 3.05) is 23.5 Å². The number of fused-ring (bicyclic) bond motifs is 1. The number of sulfonamides is 1. The molecule has 0 saturated carbocycles. The Hall–Kier alpha value is -2.46. The lowest BCUT2D eigenvalue weighted by atomic mass is 10.1. The summed E-state index contributed by atoms with van der Waals surface area (Å²) in [6.45, 7) is 0.404. The molecule has 0 spiro atoms. The normalized spacial score (nSPS) is 12.7. The molecule has 0 fully saturated rings. The minimum atomic E-state index is -3.57. The molecule has 0 atom stereocenters. The van der Waals surface area contributed by atoms with Gasteiger partial charge in [-0.2, -0.15) is 0 Å². The number of nitrogen functional groups attached to an aromatic ring is 1. The van der Waals surface area contributed by atoms with E-state index in [0.717, 1.165) is 11.8 Å². The molecule has 1 amide bonds. The van der Waals surface area contributed by atoms with Crippen molar-refractivity contribution >= 4 is 43.2 Å². The molecule has 4 N–H and O–H groups in total. The fourth-order valence-electron chi connectivity index (χ4n) is 2.39. The van der Waals surface area contributed by atoms with Gasteiger partial charge in [-0.3, -0.25) is 9.52 Å². The van der Waals surface area contributed by atoms with Gasteiger partial charge < -0.3 is 20.5 Å². The Bertz CT molecular complexity index is 978. The van der Waals surface area contributed by atoms with E-state index < -0.39 is 15.9 Å². The third kappa shape index (κ3) is 4.20. The van der Waals surface area contributed by atoms with Crippen LogP contribution >= 0.6 is 15.9 Å². The molecule has 138 valence electrons. The highest BCUT2D eigenvalue weighted by Gasteiger charge is 2.18. The van der Waals surface area contributed by atoms with E-state index in [1.54, 1.807) is 12.1 Å². The van der Waals surface area contributed by atoms with Crippen molar-refractivity contribution in [3.63, 3.8) is 0 Å². The third-order valence-electron chi connectivity index (χ3n) is 3.57. The topological polar surface area (TPSA) is 120 Å². The quantitative estimate of drug-likeness (QED) is 0.610. The second kappa shape index (κ2) is 7.04. The fourth-order valence-corrected chi connectivity index (χ4v) is 3.30. The summed E-state index contributed by atoms with van der Waals surface area (Å²) in [5.74, 6) is 0.822. The molecule has 2 aromatic carbocycles. The van der Waals surface area contributed by atoms with Gasteiger partial charge >= 0.3 is 0 Å². The second-order valence-electron chi connectivity index (χ2n) is 5.66. The lowest BCUT2D eigenvalue weighted by Crippen LogP contribution is -2.25. The zero-order valence-electron chi connectivity index (χ0n) is 13.7. The van der Waals surface area contributed by atoms with E-state index in [4.69, 9.17) is 15.2 Å². The molecule has 1 aliphatic heterocycles. The highest BCUT2D eigenvalue weighted by molar-refractivity contribution is 9.10. The van der Waals surface area contributed by atoms with Gasteiger partial charge in [0.1, 0.15) is 0 Å². The fraction of sp³-hybridized carbons (Fsp3) is 0.188. The maximum atomic E-state index is 12.6. The largest absolute Gasteiger partial charge is 0.454 e. The summed E-state index contributed by atoms with van der Waals surface area (Å²) < 4.78 is 36.4. The minimum Gasteiger partial charge on any atom is -0.454 e. The zero-order valence-corrected chi connectivity index (χ0v) is 16.1. The second-order valence-corrected chi connectivity index (χ2v) is 8.27. The maximum absolute atomic E-state index is 12.6. The van der Waals surface area contributed by atoms with E-state index in [1.165, 1.54) is 12.1 Å². The summed E-state index contributed by atoms with van der Waals surface area (Å²) >= 11 is 3.25. The van der Waals surface area contributed by atoms with Crippen molar-refractivity contribution in [1.82, 2.24) is 5.32 Å². The number of anilines is 2. The van der Waals surface area contributed by atoms with Crippen molar-refractivity contribution in [2.45, 2.75) is 6.54 Å². The van der Waals surface area contributed by atoms with E-state index in [2.05, 4.69) is 26.0 Å². The van der Waals surface area contributed by atoms with E-state index in [9.17, 15) is 13.2 Å². The third-order valence-corrected chi connectivity index (χ3v) is 4.84. The number of rotatable bonds is 5. The molecule has 1 heterocycles. The van der Waals surface area contributed by atoms with Crippen LogP contribution in [0.15, 0.2) is 34.8 Å². The molecular formula is C16H16BrN3O5S. The maximum Gasteiger partial charge on any atom is 0.253 e. The van der Waals surface area contributed by atoms with Crippen molar-refractivity contribution < 1.29 is 22.7 Å². The molecule has 8 nitrogen and oxygen atoms in total. The van der Waals surface area contributed by atoms with Crippen LogP contribution in [0.25, 0.3) is 0 Å². The number of hydrogen-bond acceptors (Lipinski definition) is 6. The van der Waals surface area contributed by atoms with Crippen molar-refractivity contribution in [3.05, 3.63) is 45.9 Å². The average Bonchev–Trinajstić information content (AvgIpc) is 3.02. The van der Waals surface area contributed by atoms with E-state index in [0.29, 0.717) is 21.7 Å². The molecule has 3 rings (SSSR count). The Balaban J connectivity index is 1.79. The number of benzene rings is 2. The number of hydrogen-bond donors (Lipinski definition) is 3. The van der Waals surface area contributed by atoms with E-state index >= 15 is 0 Å². The number of carbonyl (C=O) groups is 1. The average molecular weight is 442 g/mol. The lowest BCUT2D eigenvalue weighted by molar-refractivity contribution is 0.0951. The molecule has 0 bridgehead atoms. The Morgan fingerprint density at radius 3 is 2.69 bits per heavy atom. The number of ether oxygens (including phenoxy) is 2. The predicted molar refractivity (Wildman–Crippen MR) is 101 cm³/mol. The molecule has 0 saturated heterocycles. The number of halogens is 1. The summed E-state index contributed by atoms with van der Waals surface area (Å²) in [6, 6.07) is 8.21. The van der Waals surface area contributed by atoms with Crippen molar-refractivity contribution in [2.24, 2.45) is 0 Å². The van der Waals surface area contributed by atoms with Gasteiger partial charge in [0.25, 0.3) is 5.91 Å². The lowest BCUT2D eigenvalue weighted by Gasteiger charge is -2.13. The van der Waals surface area contributed by atoms with Gasteiger partial charge in [-0.25, -0.2) is 8.42 Å². The first-order chi connectivity index (χ1) is 12.2. The van der Waals surface area contributed by atoms with Crippen LogP contribution in [-0.4, -0.2) is 27.4 Å². The van der Waals surface area contributed by atoms with Gasteiger partial charge in [0, 0.05) is 16.7 Å². The molecule has 26 heavy (non-hydrogen) atoms. The van der Waals surface area contributed by atoms with Crippen LogP contribution in [0.2, 0.25) is 0 Å². The van der Waals surface area contributed by atoms with Gasteiger partial charge in [0.05, 0.1) is 17.5 Å². The first-order valence-electron chi connectivity index (χ1n) is 7.46. The number of nitrogens with two attached hydrogens (primary N) is 1. The molecule has 2 aromatic rings. The molecule has 10 heteroatoms. The Morgan fingerprint density at radius 1 is 1.23 bits per heavy atom. The van der Waals surface area contributed by atoms with E-state index in [-0.39, 0.29) is 24.6 Å². The Morgan fingerprint density at radius 2 is 1.96 bits per heavy atom. The van der Waals surface area contributed by atoms with Crippen LogP contribution in [-0.2, 0) is 16.6 Å². The summed E-state index contributed by atoms with van der Waals surface area (Å²) in [5, 5.41) is 2.75. The van der Waals surface area contributed by atoms with Crippen LogP contribution < -0.4 is 25.2 Å².